The van der Waals surface area contributed by atoms with Crippen molar-refractivity contribution < 1.29 is 30.2 Å². The van der Waals surface area contributed by atoms with Gasteiger partial charge in [0, 0.05) is 0 Å². The van der Waals surface area contributed by atoms with E-state index in [0.717, 1.165) is 11.0 Å². The first-order valence-electron chi connectivity index (χ1n) is 2.78. The van der Waals surface area contributed by atoms with E-state index in [1.807, 2.05) is 0 Å². The van der Waals surface area contributed by atoms with Gasteiger partial charge in [-0.3, -0.25) is 20.0 Å². The fraction of sp³-hybridized carbons (Fsp3) is 0.500. The van der Waals surface area contributed by atoms with Crippen molar-refractivity contribution in [3.63, 3.8) is 0 Å². The van der Waals surface area contributed by atoms with Crippen molar-refractivity contribution in [1.82, 2.24) is 11.0 Å². The molecule has 0 aliphatic heterocycles. The number of hydroxylamine groups is 2. The van der Waals surface area contributed by atoms with E-state index in [9.17, 15) is 9.59 Å². The third-order valence-electron chi connectivity index (χ3n) is 1.06. The van der Waals surface area contributed by atoms with E-state index in [1.54, 1.807) is 0 Å². The lowest BCUT2D eigenvalue weighted by Crippen LogP contribution is -2.48. The molecule has 0 saturated heterocycles. The van der Waals surface area contributed by atoms with Gasteiger partial charge in [0.15, 0.2) is 12.2 Å². The van der Waals surface area contributed by atoms with E-state index < -0.39 is 24.0 Å². The fourth-order valence-corrected chi connectivity index (χ4v) is 0.419. The molecule has 0 aromatic rings. The Balaban J connectivity index is 4.18. The summed E-state index contributed by atoms with van der Waals surface area (Å²) in [5, 5.41) is 33.3. The highest BCUT2D eigenvalue weighted by atomic mass is 16.5. The van der Waals surface area contributed by atoms with Gasteiger partial charge in [-0.1, -0.05) is 0 Å². The monoisotopic (exact) mass is 180 g/mol. The molecule has 0 unspecified atom stereocenters. The summed E-state index contributed by atoms with van der Waals surface area (Å²) in [4.78, 5) is 20.7. The molecule has 0 spiro atoms. The second kappa shape index (κ2) is 4.62. The summed E-state index contributed by atoms with van der Waals surface area (Å²) in [5.74, 6) is -2.71. The van der Waals surface area contributed by atoms with Gasteiger partial charge in [-0.25, -0.2) is 11.0 Å². The summed E-state index contributed by atoms with van der Waals surface area (Å²) in [6.45, 7) is 0. The summed E-state index contributed by atoms with van der Waals surface area (Å²) in [6.07, 6.45) is -4.27. The zero-order valence-electron chi connectivity index (χ0n) is 5.76. The molecule has 2 atom stereocenters. The first-order chi connectivity index (χ1) is 5.54. The molecule has 70 valence electrons. The van der Waals surface area contributed by atoms with Crippen LogP contribution in [0.2, 0.25) is 0 Å². The standard InChI is InChI=1S/C4H8N2O6/c7-1(3(9)5-11)2(8)4(10)6-12/h1-2,7-8,11-12H,(H,5,9)(H,6,10)/t1-,2-/m1/s1. The number of carbonyl (C=O) groups is 2. The molecule has 0 saturated carbocycles. The molecule has 0 fully saturated rings. The Kier molecular flexibility index (Phi) is 4.15. The molecule has 8 heteroatoms. The van der Waals surface area contributed by atoms with E-state index in [2.05, 4.69) is 0 Å². The maximum atomic E-state index is 10.3. The van der Waals surface area contributed by atoms with Gasteiger partial charge < -0.3 is 10.2 Å². The zero-order chi connectivity index (χ0) is 9.72. The number of carbonyl (C=O) groups excluding carboxylic acids is 2. The molecule has 0 aromatic heterocycles. The Morgan fingerprint density at radius 3 is 1.33 bits per heavy atom. The van der Waals surface area contributed by atoms with Gasteiger partial charge in [-0.05, 0) is 0 Å². The first kappa shape index (κ1) is 10.8. The molecule has 0 bridgehead atoms. The molecule has 0 radical (unpaired) electrons. The molecule has 12 heavy (non-hydrogen) atoms. The van der Waals surface area contributed by atoms with Crippen molar-refractivity contribution in [2.75, 3.05) is 0 Å². The summed E-state index contributed by atoms with van der Waals surface area (Å²) in [6, 6.07) is 0. The molecular formula is C4H8N2O6. The third kappa shape index (κ3) is 2.43. The quantitative estimate of drug-likeness (QED) is 0.199. The maximum absolute atomic E-state index is 10.3. The van der Waals surface area contributed by atoms with Crippen molar-refractivity contribution in [2.45, 2.75) is 12.2 Å². The van der Waals surface area contributed by atoms with Crippen LogP contribution in [-0.2, 0) is 9.59 Å². The Morgan fingerprint density at radius 2 is 1.17 bits per heavy atom. The molecule has 2 amide bonds. The Bertz CT molecular complexity index is 162. The predicted octanol–water partition coefficient (Wildman–Crippen LogP) is -3.28. The number of rotatable bonds is 3. The van der Waals surface area contributed by atoms with Crippen molar-refractivity contribution in [1.29, 1.82) is 0 Å². The summed E-state index contributed by atoms with van der Waals surface area (Å²) >= 11 is 0. The lowest BCUT2D eigenvalue weighted by atomic mass is 10.2. The number of aliphatic hydroxyl groups excluding tert-OH is 2. The molecule has 6 N–H and O–H groups in total. The molecule has 0 aliphatic rings. The van der Waals surface area contributed by atoms with E-state index in [-0.39, 0.29) is 0 Å². The van der Waals surface area contributed by atoms with E-state index >= 15 is 0 Å². The van der Waals surface area contributed by atoms with Gasteiger partial charge in [-0.15, -0.1) is 0 Å². The third-order valence-corrected chi connectivity index (χ3v) is 1.06. The number of hydrogen-bond acceptors (Lipinski definition) is 6. The lowest BCUT2D eigenvalue weighted by molar-refractivity contribution is -0.155. The number of nitrogens with one attached hydrogen (secondary N) is 2. The highest BCUT2D eigenvalue weighted by Gasteiger charge is 2.29. The fourth-order valence-electron chi connectivity index (χ4n) is 0.419. The molecule has 0 aromatic carbocycles. The maximum Gasteiger partial charge on any atom is 0.275 e. The number of aliphatic hydroxyl groups is 2. The van der Waals surface area contributed by atoms with Crippen molar-refractivity contribution in [2.24, 2.45) is 0 Å². The Hall–Kier alpha value is -1.22. The summed E-state index contributed by atoms with van der Waals surface area (Å²) < 4.78 is 0. The SMILES string of the molecule is O=C(NO)[C@H](O)[C@@H](O)C(=O)NO. The normalized spacial score (nSPS) is 14.7. The van der Waals surface area contributed by atoms with Gasteiger partial charge in [0.25, 0.3) is 11.8 Å². The molecule has 0 heterocycles. The molecule has 0 aliphatic carbocycles. The number of amides is 2. The minimum atomic E-state index is -2.14. The van der Waals surface area contributed by atoms with Crippen LogP contribution in [0.3, 0.4) is 0 Å². The van der Waals surface area contributed by atoms with Gasteiger partial charge in [-0.2, -0.15) is 0 Å². The molecule has 8 nitrogen and oxygen atoms in total. The smallest absolute Gasteiger partial charge is 0.275 e. The van der Waals surface area contributed by atoms with Crippen LogP contribution in [-0.4, -0.2) is 44.6 Å². The number of hydrogen-bond donors (Lipinski definition) is 6. The minimum absolute atomic E-state index is 1.01. The second-order valence-corrected chi connectivity index (χ2v) is 1.84. The van der Waals surface area contributed by atoms with Gasteiger partial charge in [0.2, 0.25) is 0 Å². The van der Waals surface area contributed by atoms with E-state index in [1.165, 1.54) is 0 Å². The van der Waals surface area contributed by atoms with E-state index in [4.69, 9.17) is 20.6 Å². The van der Waals surface area contributed by atoms with E-state index in [0.29, 0.717) is 0 Å². The lowest BCUT2D eigenvalue weighted by Gasteiger charge is -2.12. The van der Waals surface area contributed by atoms with Crippen molar-refractivity contribution >= 4 is 11.8 Å². The van der Waals surface area contributed by atoms with Gasteiger partial charge in [0.1, 0.15) is 0 Å². The van der Waals surface area contributed by atoms with Crippen LogP contribution in [0, 0.1) is 0 Å². The largest absolute Gasteiger partial charge is 0.380 e. The summed E-state index contributed by atoms with van der Waals surface area (Å²) in [7, 11) is 0. The van der Waals surface area contributed by atoms with Crippen LogP contribution < -0.4 is 11.0 Å². The Labute approximate surface area is 66.3 Å². The van der Waals surface area contributed by atoms with Crippen LogP contribution >= 0.6 is 0 Å². The topological polar surface area (TPSA) is 139 Å². The van der Waals surface area contributed by atoms with Crippen LogP contribution in [0.5, 0.6) is 0 Å². The zero-order valence-corrected chi connectivity index (χ0v) is 5.76. The first-order valence-corrected chi connectivity index (χ1v) is 2.78. The van der Waals surface area contributed by atoms with Gasteiger partial charge in [0.05, 0.1) is 0 Å². The van der Waals surface area contributed by atoms with Crippen LogP contribution in [0.15, 0.2) is 0 Å². The Morgan fingerprint density at radius 1 is 0.917 bits per heavy atom. The highest BCUT2D eigenvalue weighted by molar-refractivity contribution is 5.89. The predicted molar refractivity (Wildman–Crippen MR) is 31.9 cm³/mol. The highest BCUT2D eigenvalue weighted by Crippen LogP contribution is 1.92. The average molecular weight is 180 g/mol. The average Bonchev–Trinajstić information content (AvgIpc) is 2.12. The van der Waals surface area contributed by atoms with Gasteiger partial charge >= 0.3 is 0 Å². The second-order valence-electron chi connectivity index (χ2n) is 1.84. The van der Waals surface area contributed by atoms with Crippen LogP contribution in [0.4, 0.5) is 0 Å². The van der Waals surface area contributed by atoms with Crippen molar-refractivity contribution in [3.05, 3.63) is 0 Å². The van der Waals surface area contributed by atoms with Crippen LogP contribution in [0.1, 0.15) is 0 Å². The molecule has 0 rings (SSSR count). The summed E-state index contributed by atoms with van der Waals surface area (Å²) in [5.41, 5.74) is 2.03. The van der Waals surface area contributed by atoms with Crippen molar-refractivity contribution in [3.8, 4) is 0 Å². The van der Waals surface area contributed by atoms with Crippen LogP contribution in [0.25, 0.3) is 0 Å². The minimum Gasteiger partial charge on any atom is -0.380 e. The molecular weight excluding hydrogens is 172 g/mol.